The number of piperazine rings is 1. The van der Waals surface area contributed by atoms with E-state index < -0.39 is 0 Å². The molecule has 6 heteroatoms. The average molecular weight is 389 g/mol. The van der Waals surface area contributed by atoms with Crippen molar-refractivity contribution in [3.8, 4) is 5.75 Å². The van der Waals surface area contributed by atoms with Crippen molar-refractivity contribution in [2.45, 2.75) is 18.4 Å². The molecule has 1 aliphatic rings. The molecule has 0 aliphatic carbocycles. The summed E-state index contributed by atoms with van der Waals surface area (Å²) in [6.45, 7) is 6.65. The first-order valence-corrected chi connectivity index (χ1v) is 10.2. The fourth-order valence-electron chi connectivity index (χ4n) is 3.06. The number of ether oxygens (including phenoxy) is 1. The molecule has 0 atom stereocenters. The number of carbonyl (C=O) groups excluding carboxylic acids is 1. The van der Waals surface area contributed by atoms with E-state index in [0.717, 1.165) is 25.4 Å². The molecule has 1 amide bonds. The predicted molar refractivity (Wildman–Crippen MR) is 107 cm³/mol. The first-order valence-electron chi connectivity index (χ1n) is 9.25. The van der Waals surface area contributed by atoms with Crippen molar-refractivity contribution in [1.82, 2.24) is 9.80 Å². The monoisotopic (exact) mass is 388 g/mol. The summed E-state index contributed by atoms with van der Waals surface area (Å²) in [5, 5.41) is 0. The first kappa shape index (κ1) is 19.7. The van der Waals surface area contributed by atoms with Gasteiger partial charge in [-0.25, -0.2) is 4.39 Å². The van der Waals surface area contributed by atoms with Crippen molar-refractivity contribution in [2.75, 3.05) is 38.5 Å². The number of hydrogen-bond acceptors (Lipinski definition) is 4. The lowest BCUT2D eigenvalue weighted by Gasteiger charge is -2.34. The third-order valence-corrected chi connectivity index (χ3v) is 5.59. The number of thioether (sulfide) groups is 1. The summed E-state index contributed by atoms with van der Waals surface area (Å²) in [5.41, 5.74) is 1.24. The van der Waals surface area contributed by atoms with Crippen LogP contribution in [0.1, 0.15) is 12.5 Å². The number of halogens is 1. The van der Waals surface area contributed by atoms with Crippen LogP contribution in [0.4, 0.5) is 4.39 Å². The number of benzene rings is 2. The Morgan fingerprint density at radius 1 is 1.07 bits per heavy atom. The Labute approximate surface area is 164 Å². The molecule has 1 aliphatic heterocycles. The van der Waals surface area contributed by atoms with Crippen LogP contribution in [-0.4, -0.2) is 54.2 Å². The number of rotatable bonds is 7. The molecule has 0 saturated carbocycles. The molecule has 0 aromatic heterocycles. The maximum atomic E-state index is 13.6. The zero-order valence-electron chi connectivity index (χ0n) is 15.6. The minimum Gasteiger partial charge on any atom is -0.494 e. The molecule has 0 bridgehead atoms. The maximum Gasteiger partial charge on any atom is 0.233 e. The van der Waals surface area contributed by atoms with Crippen LogP contribution < -0.4 is 4.74 Å². The largest absolute Gasteiger partial charge is 0.494 e. The maximum absolute atomic E-state index is 13.6. The lowest BCUT2D eigenvalue weighted by atomic mass is 10.2. The van der Waals surface area contributed by atoms with Gasteiger partial charge in [0.15, 0.2) is 0 Å². The topological polar surface area (TPSA) is 32.8 Å². The highest BCUT2D eigenvalue weighted by molar-refractivity contribution is 8.00. The molecule has 27 heavy (non-hydrogen) atoms. The smallest absolute Gasteiger partial charge is 0.233 e. The zero-order valence-corrected chi connectivity index (χ0v) is 16.4. The Morgan fingerprint density at radius 2 is 1.78 bits per heavy atom. The van der Waals surface area contributed by atoms with Gasteiger partial charge in [0.1, 0.15) is 11.6 Å². The van der Waals surface area contributed by atoms with E-state index in [4.69, 9.17) is 4.74 Å². The Bertz CT molecular complexity index is 746. The number of carbonyl (C=O) groups is 1. The SMILES string of the molecule is CCOc1ccc(CN2CCN(C(=O)CSc3ccccc3F)CC2)cc1. The van der Waals surface area contributed by atoms with E-state index in [1.54, 1.807) is 18.2 Å². The molecule has 1 saturated heterocycles. The average Bonchev–Trinajstić information content (AvgIpc) is 2.69. The van der Waals surface area contributed by atoms with Crippen molar-refractivity contribution >= 4 is 17.7 Å². The predicted octanol–water partition coefficient (Wildman–Crippen LogP) is 3.66. The quantitative estimate of drug-likeness (QED) is 0.678. The van der Waals surface area contributed by atoms with E-state index in [2.05, 4.69) is 17.0 Å². The number of hydrogen-bond donors (Lipinski definition) is 0. The molecule has 0 radical (unpaired) electrons. The molecule has 2 aromatic carbocycles. The standard InChI is InChI=1S/C21H25FN2O2S/c1-2-26-18-9-7-17(8-10-18)15-23-11-13-24(14-12-23)21(25)16-27-20-6-4-3-5-19(20)22/h3-10H,2,11-16H2,1H3. The molecule has 144 valence electrons. The van der Waals surface area contributed by atoms with Gasteiger partial charge in [0, 0.05) is 37.6 Å². The Balaban J connectivity index is 1.42. The third-order valence-electron chi connectivity index (χ3n) is 4.55. The van der Waals surface area contributed by atoms with Gasteiger partial charge in [-0.2, -0.15) is 0 Å². The highest BCUT2D eigenvalue weighted by Crippen LogP contribution is 2.22. The van der Waals surface area contributed by atoms with Crippen LogP contribution in [0.2, 0.25) is 0 Å². The number of amides is 1. The Kier molecular flexibility index (Phi) is 7.12. The summed E-state index contributed by atoms with van der Waals surface area (Å²) in [4.78, 5) is 17.2. The molecule has 1 heterocycles. The summed E-state index contributed by atoms with van der Waals surface area (Å²) < 4.78 is 19.1. The van der Waals surface area contributed by atoms with Crippen LogP contribution in [0.3, 0.4) is 0 Å². The van der Waals surface area contributed by atoms with Gasteiger partial charge < -0.3 is 9.64 Å². The Hall–Kier alpha value is -2.05. The van der Waals surface area contributed by atoms with Crippen molar-refractivity contribution < 1.29 is 13.9 Å². The molecular formula is C21H25FN2O2S. The lowest BCUT2D eigenvalue weighted by molar-refractivity contribution is -0.130. The van der Waals surface area contributed by atoms with Crippen LogP contribution in [0.15, 0.2) is 53.4 Å². The molecule has 3 rings (SSSR count). The molecule has 4 nitrogen and oxygen atoms in total. The van der Waals surface area contributed by atoms with Gasteiger partial charge >= 0.3 is 0 Å². The molecule has 1 fully saturated rings. The summed E-state index contributed by atoms with van der Waals surface area (Å²) >= 11 is 1.27. The third kappa shape index (κ3) is 5.71. The number of nitrogens with zero attached hydrogens (tertiary/aromatic N) is 2. The van der Waals surface area contributed by atoms with Crippen molar-refractivity contribution in [1.29, 1.82) is 0 Å². The fraction of sp³-hybridized carbons (Fsp3) is 0.381. The molecular weight excluding hydrogens is 363 g/mol. The van der Waals surface area contributed by atoms with Gasteiger partial charge in [0.05, 0.1) is 12.4 Å². The van der Waals surface area contributed by atoms with E-state index in [-0.39, 0.29) is 17.5 Å². The fourth-order valence-corrected chi connectivity index (χ4v) is 3.91. The summed E-state index contributed by atoms with van der Waals surface area (Å²) in [6, 6.07) is 14.8. The van der Waals surface area contributed by atoms with Crippen LogP contribution in [0.5, 0.6) is 5.75 Å². The highest BCUT2D eigenvalue weighted by Gasteiger charge is 2.21. The summed E-state index contributed by atoms with van der Waals surface area (Å²) in [6.07, 6.45) is 0. The summed E-state index contributed by atoms with van der Waals surface area (Å²) in [7, 11) is 0. The second-order valence-electron chi connectivity index (χ2n) is 6.45. The first-order chi connectivity index (χ1) is 13.2. The van der Waals surface area contributed by atoms with E-state index in [1.165, 1.54) is 23.4 Å². The van der Waals surface area contributed by atoms with E-state index >= 15 is 0 Å². The highest BCUT2D eigenvalue weighted by atomic mass is 32.2. The summed E-state index contributed by atoms with van der Waals surface area (Å²) in [5.74, 6) is 0.975. The van der Waals surface area contributed by atoms with E-state index in [1.807, 2.05) is 24.0 Å². The van der Waals surface area contributed by atoms with Crippen molar-refractivity contribution in [3.63, 3.8) is 0 Å². The van der Waals surface area contributed by atoms with Crippen LogP contribution in [0.25, 0.3) is 0 Å². The van der Waals surface area contributed by atoms with Gasteiger partial charge in [-0.15, -0.1) is 11.8 Å². The molecule has 2 aromatic rings. The van der Waals surface area contributed by atoms with Gasteiger partial charge in [0.25, 0.3) is 0 Å². The van der Waals surface area contributed by atoms with Gasteiger partial charge in [-0.05, 0) is 36.8 Å². The van der Waals surface area contributed by atoms with Crippen LogP contribution in [-0.2, 0) is 11.3 Å². The van der Waals surface area contributed by atoms with Gasteiger partial charge in [0.2, 0.25) is 5.91 Å². The minimum absolute atomic E-state index is 0.0731. The van der Waals surface area contributed by atoms with Crippen LogP contribution >= 0.6 is 11.8 Å². The normalized spacial score (nSPS) is 15.0. The van der Waals surface area contributed by atoms with Crippen molar-refractivity contribution in [3.05, 3.63) is 59.9 Å². The minimum atomic E-state index is -0.268. The van der Waals surface area contributed by atoms with Gasteiger partial charge in [-0.1, -0.05) is 24.3 Å². The van der Waals surface area contributed by atoms with E-state index in [9.17, 15) is 9.18 Å². The van der Waals surface area contributed by atoms with Crippen molar-refractivity contribution in [2.24, 2.45) is 0 Å². The zero-order chi connectivity index (χ0) is 19.1. The van der Waals surface area contributed by atoms with Crippen LogP contribution in [0, 0.1) is 5.82 Å². The van der Waals surface area contributed by atoms with Gasteiger partial charge in [-0.3, -0.25) is 9.69 Å². The molecule has 0 unspecified atom stereocenters. The molecule has 0 spiro atoms. The van der Waals surface area contributed by atoms with E-state index in [0.29, 0.717) is 24.6 Å². The lowest BCUT2D eigenvalue weighted by Crippen LogP contribution is -2.48. The Morgan fingerprint density at radius 3 is 2.44 bits per heavy atom. The molecule has 0 N–H and O–H groups in total. The second-order valence-corrected chi connectivity index (χ2v) is 7.47. The second kappa shape index (κ2) is 9.76.